The Bertz CT molecular complexity index is 1030. The molecule has 0 aliphatic carbocycles. The molecule has 0 unspecified atom stereocenters. The van der Waals surface area contributed by atoms with Gasteiger partial charge in [0.2, 0.25) is 11.3 Å². The van der Waals surface area contributed by atoms with E-state index in [4.69, 9.17) is 5.26 Å². The molecule has 3 aromatic heterocycles. The zero-order chi connectivity index (χ0) is 14.4. The number of benzene rings is 1. The number of aryl methyl sites for hydroxylation is 1. The van der Waals surface area contributed by atoms with E-state index in [1.165, 1.54) is 0 Å². The maximum atomic E-state index is 8.86. The Balaban J connectivity index is 2.16. The first-order valence-electron chi connectivity index (χ1n) is 6.22. The summed E-state index contributed by atoms with van der Waals surface area (Å²) in [4.78, 5) is 8.94. The molecule has 102 valence electrons. The van der Waals surface area contributed by atoms with Gasteiger partial charge in [0.05, 0.1) is 18.0 Å². The topological polar surface area (TPSA) is 93.4 Å². The van der Waals surface area contributed by atoms with E-state index in [1.807, 2.05) is 22.8 Å². The second-order valence-corrected chi connectivity index (χ2v) is 5.44. The summed E-state index contributed by atoms with van der Waals surface area (Å²) >= 11 is 3.47. The summed E-state index contributed by atoms with van der Waals surface area (Å²) in [5, 5.41) is 17.3. The van der Waals surface area contributed by atoms with Gasteiger partial charge in [0, 0.05) is 16.4 Å². The van der Waals surface area contributed by atoms with Crippen molar-refractivity contribution in [2.75, 3.05) is 0 Å². The SMILES string of the molecule is N#CCCn1c2cc(Br)ccc2c2nc3nonc3nc21. The third kappa shape index (κ3) is 1.78. The van der Waals surface area contributed by atoms with Gasteiger partial charge in [-0.25, -0.2) is 14.6 Å². The Morgan fingerprint density at radius 3 is 2.86 bits per heavy atom. The van der Waals surface area contributed by atoms with Gasteiger partial charge in [0.15, 0.2) is 5.65 Å². The fourth-order valence-electron chi connectivity index (χ4n) is 2.43. The average molecular weight is 343 g/mol. The van der Waals surface area contributed by atoms with E-state index in [1.54, 1.807) is 0 Å². The number of halogens is 1. The molecule has 7 nitrogen and oxygen atoms in total. The van der Waals surface area contributed by atoms with Gasteiger partial charge in [-0.2, -0.15) is 5.26 Å². The average Bonchev–Trinajstić information content (AvgIpc) is 3.04. The molecule has 1 aromatic carbocycles. The molecule has 0 bridgehead atoms. The molecular weight excluding hydrogens is 336 g/mol. The number of hydrogen-bond acceptors (Lipinski definition) is 6. The van der Waals surface area contributed by atoms with E-state index in [0.29, 0.717) is 29.9 Å². The van der Waals surface area contributed by atoms with E-state index in [9.17, 15) is 0 Å². The number of hydrogen-bond donors (Lipinski definition) is 0. The van der Waals surface area contributed by atoms with Crippen molar-refractivity contribution in [2.24, 2.45) is 0 Å². The first-order chi connectivity index (χ1) is 10.3. The Morgan fingerprint density at radius 2 is 2.05 bits per heavy atom. The second kappa shape index (κ2) is 4.49. The molecule has 0 atom stereocenters. The van der Waals surface area contributed by atoms with Crippen molar-refractivity contribution in [3.63, 3.8) is 0 Å². The third-order valence-corrected chi connectivity index (χ3v) is 3.80. The van der Waals surface area contributed by atoms with E-state index >= 15 is 0 Å². The molecule has 21 heavy (non-hydrogen) atoms. The van der Waals surface area contributed by atoms with Crippen LogP contribution in [0.3, 0.4) is 0 Å². The minimum absolute atomic E-state index is 0.363. The number of aromatic nitrogens is 5. The van der Waals surface area contributed by atoms with E-state index in [0.717, 1.165) is 20.9 Å². The van der Waals surface area contributed by atoms with Gasteiger partial charge in [0.1, 0.15) is 5.52 Å². The lowest BCUT2D eigenvalue weighted by molar-refractivity contribution is 0.314. The lowest BCUT2D eigenvalue weighted by Gasteiger charge is -2.03. The molecule has 0 radical (unpaired) electrons. The van der Waals surface area contributed by atoms with Crippen LogP contribution in [0.25, 0.3) is 33.4 Å². The summed E-state index contributed by atoms with van der Waals surface area (Å²) in [5.74, 6) is 0. The van der Waals surface area contributed by atoms with Gasteiger partial charge >= 0.3 is 0 Å². The fourth-order valence-corrected chi connectivity index (χ4v) is 2.78. The maximum Gasteiger partial charge on any atom is 0.245 e. The number of rotatable bonds is 2. The summed E-state index contributed by atoms with van der Waals surface area (Å²) in [5.41, 5.74) is 3.13. The molecule has 0 amide bonds. The molecule has 4 rings (SSSR count). The predicted octanol–water partition coefficient (Wildman–Crippen LogP) is 2.80. The van der Waals surface area contributed by atoms with Crippen LogP contribution in [-0.2, 0) is 6.54 Å². The van der Waals surface area contributed by atoms with Crippen LogP contribution in [0, 0.1) is 11.3 Å². The maximum absolute atomic E-state index is 8.86. The highest BCUT2D eigenvalue weighted by molar-refractivity contribution is 9.10. The molecule has 0 aliphatic rings. The Kier molecular flexibility index (Phi) is 2.62. The van der Waals surface area contributed by atoms with Crippen LogP contribution < -0.4 is 0 Å². The first kappa shape index (κ1) is 12.2. The van der Waals surface area contributed by atoms with Gasteiger partial charge < -0.3 is 4.57 Å². The van der Waals surface area contributed by atoms with Crippen LogP contribution in [0.4, 0.5) is 0 Å². The summed E-state index contributed by atoms with van der Waals surface area (Å²) in [6.07, 6.45) is 0.391. The van der Waals surface area contributed by atoms with Crippen molar-refractivity contribution in [2.45, 2.75) is 13.0 Å². The monoisotopic (exact) mass is 342 g/mol. The zero-order valence-electron chi connectivity index (χ0n) is 10.6. The number of fused-ring (bicyclic) bond motifs is 4. The molecule has 0 N–H and O–H groups in total. The van der Waals surface area contributed by atoms with E-state index < -0.39 is 0 Å². The highest BCUT2D eigenvalue weighted by Gasteiger charge is 2.16. The number of nitriles is 1. The second-order valence-electron chi connectivity index (χ2n) is 4.53. The lowest BCUT2D eigenvalue weighted by Crippen LogP contribution is -1.99. The standard InChI is InChI=1S/C13H7BrN6O/c14-7-2-3-8-9(6-7)20(5-1-4-15)13-10(8)16-11-12(17-13)19-21-18-11/h2-3,6H,1,5H2. The van der Waals surface area contributed by atoms with Gasteiger partial charge in [-0.3, -0.25) is 0 Å². The van der Waals surface area contributed by atoms with Crippen LogP contribution in [0.5, 0.6) is 0 Å². The highest BCUT2D eigenvalue weighted by Crippen LogP contribution is 2.29. The van der Waals surface area contributed by atoms with Crippen molar-refractivity contribution in [1.29, 1.82) is 5.26 Å². The Labute approximate surface area is 126 Å². The molecular formula is C13H7BrN6O. The molecule has 0 aliphatic heterocycles. The predicted molar refractivity (Wildman–Crippen MR) is 78.3 cm³/mol. The molecule has 0 spiro atoms. The van der Waals surface area contributed by atoms with Crippen LogP contribution in [0.2, 0.25) is 0 Å². The van der Waals surface area contributed by atoms with Crippen molar-refractivity contribution < 1.29 is 4.63 Å². The summed E-state index contributed by atoms with van der Waals surface area (Å²) < 4.78 is 7.60. The summed E-state index contributed by atoms with van der Waals surface area (Å²) in [6, 6.07) is 8.07. The molecule has 4 aromatic rings. The minimum atomic E-state index is 0.363. The normalized spacial score (nSPS) is 11.4. The molecule has 3 heterocycles. The largest absolute Gasteiger partial charge is 0.323 e. The van der Waals surface area contributed by atoms with Gasteiger partial charge in [-0.1, -0.05) is 15.9 Å². The van der Waals surface area contributed by atoms with Crippen molar-refractivity contribution >= 4 is 49.3 Å². The molecule has 8 heteroatoms. The quantitative estimate of drug-likeness (QED) is 0.556. The molecule has 0 fully saturated rings. The van der Waals surface area contributed by atoms with Crippen LogP contribution >= 0.6 is 15.9 Å². The van der Waals surface area contributed by atoms with Crippen molar-refractivity contribution in [3.8, 4) is 6.07 Å². The summed E-state index contributed by atoms with van der Waals surface area (Å²) in [6.45, 7) is 0.540. The fraction of sp³-hybridized carbons (Fsp3) is 0.154. The smallest absolute Gasteiger partial charge is 0.245 e. The third-order valence-electron chi connectivity index (χ3n) is 3.30. The van der Waals surface area contributed by atoms with Gasteiger partial charge in [-0.15, -0.1) is 0 Å². The molecule has 0 saturated carbocycles. The minimum Gasteiger partial charge on any atom is -0.323 e. The first-order valence-corrected chi connectivity index (χ1v) is 7.02. The van der Waals surface area contributed by atoms with Gasteiger partial charge in [0.25, 0.3) is 0 Å². The van der Waals surface area contributed by atoms with Crippen LogP contribution in [0.1, 0.15) is 6.42 Å². The van der Waals surface area contributed by atoms with Gasteiger partial charge in [-0.05, 0) is 28.5 Å². The van der Waals surface area contributed by atoms with E-state index in [-0.39, 0.29) is 0 Å². The van der Waals surface area contributed by atoms with Crippen molar-refractivity contribution in [1.82, 2.24) is 24.8 Å². The van der Waals surface area contributed by atoms with E-state index in [2.05, 4.69) is 46.9 Å². The lowest BCUT2D eigenvalue weighted by atomic mass is 10.2. The summed E-state index contributed by atoms with van der Waals surface area (Å²) in [7, 11) is 0. The number of nitrogens with zero attached hydrogens (tertiary/aromatic N) is 6. The van der Waals surface area contributed by atoms with Crippen LogP contribution in [0.15, 0.2) is 27.3 Å². The Morgan fingerprint density at radius 1 is 1.24 bits per heavy atom. The molecule has 0 saturated heterocycles. The Hall–Kier alpha value is -2.53. The zero-order valence-corrected chi connectivity index (χ0v) is 12.2. The van der Waals surface area contributed by atoms with Crippen LogP contribution in [-0.4, -0.2) is 24.8 Å². The van der Waals surface area contributed by atoms with Crippen molar-refractivity contribution in [3.05, 3.63) is 22.7 Å². The highest BCUT2D eigenvalue weighted by atomic mass is 79.9.